The topological polar surface area (TPSA) is 132 Å². The lowest BCUT2D eigenvalue weighted by molar-refractivity contribution is -0.383. The molecule has 0 saturated carbocycles. The molecule has 2 rings (SSSR count). The largest absolute Gasteiger partial charge is 0.393 e. The minimum atomic E-state index is -3.15. The fourth-order valence-electron chi connectivity index (χ4n) is 2.30. The molecule has 21 heavy (non-hydrogen) atoms. The number of sulfone groups is 1. The molecule has 1 unspecified atom stereocenters. The maximum Gasteiger partial charge on any atom is 0.292 e. The van der Waals surface area contributed by atoms with Crippen LogP contribution in [0.25, 0.3) is 0 Å². The van der Waals surface area contributed by atoms with Gasteiger partial charge in [0.25, 0.3) is 11.6 Å². The summed E-state index contributed by atoms with van der Waals surface area (Å²) in [5, 5.41) is 13.4. The first-order valence-electron chi connectivity index (χ1n) is 6.19. The van der Waals surface area contributed by atoms with Gasteiger partial charge in [-0.2, -0.15) is 0 Å². The van der Waals surface area contributed by atoms with Gasteiger partial charge in [-0.05, 0) is 25.5 Å². The van der Waals surface area contributed by atoms with Crippen LogP contribution >= 0.6 is 0 Å². The smallest absolute Gasteiger partial charge is 0.292 e. The number of carbonyl (C=O) groups excluding carboxylic acids is 1. The average molecular weight is 313 g/mol. The van der Waals surface area contributed by atoms with Crippen LogP contribution in [0.2, 0.25) is 0 Å². The molecular weight excluding hydrogens is 298 g/mol. The van der Waals surface area contributed by atoms with E-state index in [1.165, 1.54) is 12.1 Å². The third kappa shape index (κ3) is 3.30. The zero-order valence-electron chi connectivity index (χ0n) is 11.3. The summed E-state index contributed by atoms with van der Waals surface area (Å²) in [7, 11) is -3.15. The number of nitro groups is 1. The fourth-order valence-corrected chi connectivity index (χ4v) is 4.39. The maximum atomic E-state index is 12.1. The molecule has 0 aromatic heterocycles. The molecule has 1 aromatic rings. The number of nitrogens with zero attached hydrogens (tertiary/aromatic N) is 1. The zero-order valence-corrected chi connectivity index (χ0v) is 12.1. The highest BCUT2D eigenvalue weighted by Gasteiger charge is 2.39. The zero-order chi connectivity index (χ0) is 15.8. The molecule has 0 bridgehead atoms. The van der Waals surface area contributed by atoms with E-state index in [0.29, 0.717) is 6.42 Å². The Labute approximate surface area is 121 Å². The van der Waals surface area contributed by atoms with Crippen LogP contribution < -0.4 is 11.1 Å². The van der Waals surface area contributed by atoms with Crippen molar-refractivity contribution in [1.29, 1.82) is 0 Å². The van der Waals surface area contributed by atoms with Crippen molar-refractivity contribution in [1.82, 2.24) is 5.32 Å². The Morgan fingerprint density at radius 1 is 1.48 bits per heavy atom. The monoisotopic (exact) mass is 313 g/mol. The second-order valence-electron chi connectivity index (χ2n) is 5.39. The second-order valence-corrected chi connectivity index (χ2v) is 7.57. The molecular formula is C12H15N3O5S. The Morgan fingerprint density at radius 2 is 2.14 bits per heavy atom. The van der Waals surface area contributed by atoms with Crippen LogP contribution in [0, 0.1) is 10.1 Å². The lowest BCUT2D eigenvalue weighted by atomic mass is 10.0. The first-order chi connectivity index (χ1) is 9.62. The molecule has 9 heteroatoms. The van der Waals surface area contributed by atoms with Crippen molar-refractivity contribution in [2.24, 2.45) is 0 Å². The van der Waals surface area contributed by atoms with Gasteiger partial charge in [0.15, 0.2) is 9.84 Å². The summed E-state index contributed by atoms with van der Waals surface area (Å²) in [5.74, 6) is -0.674. The van der Waals surface area contributed by atoms with Gasteiger partial charge in [0.05, 0.1) is 22.0 Å². The van der Waals surface area contributed by atoms with E-state index in [2.05, 4.69) is 5.32 Å². The van der Waals surface area contributed by atoms with Gasteiger partial charge in [0.1, 0.15) is 5.69 Å². The summed E-state index contributed by atoms with van der Waals surface area (Å²) in [6.07, 6.45) is 0.318. The molecule has 0 spiro atoms. The molecule has 1 aliphatic heterocycles. The van der Waals surface area contributed by atoms with Gasteiger partial charge in [-0.3, -0.25) is 14.9 Å². The Kier molecular flexibility index (Phi) is 3.62. The predicted octanol–water partition coefficient (Wildman–Crippen LogP) is 0.484. The Balaban J connectivity index is 2.22. The minimum absolute atomic E-state index is 0.0195. The maximum absolute atomic E-state index is 12.1. The molecule has 1 heterocycles. The number of hydrogen-bond acceptors (Lipinski definition) is 6. The first kappa shape index (κ1) is 15.2. The number of benzene rings is 1. The summed E-state index contributed by atoms with van der Waals surface area (Å²) < 4.78 is 23.0. The highest BCUT2D eigenvalue weighted by molar-refractivity contribution is 7.91. The lowest BCUT2D eigenvalue weighted by Gasteiger charge is -2.23. The number of amides is 1. The highest BCUT2D eigenvalue weighted by Crippen LogP contribution is 2.25. The molecule has 1 aromatic carbocycles. The number of nitrogen functional groups attached to an aromatic ring is 1. The van der Waals surface area contributed by atoms with Crippen molar-refractivity contribution >= 4 is 27.1 Å². The number of nitro benzene ring substituents is 1. The molecule has 1 amide bonds. The molecule has 1 atom stereocenters. The van der Waals surface area contributed by atoms with Crippen molar-refractivity contribution in [3.8, 4) is 0 Å². The number of nitrogens with one attached hydrogen (secondary N) is 1. The van der Waals surface area contributed by atoms with Crippen molar-refractivity contribution in [2.75, 3.05) is 17.2 Å². The Hall–Kier alpha value is -2.16. The van der Waals surface area contributed by atoms with Crippen LogP contribution in [0.4, 0.5) is 11.4 Å². The van der Waals surface area contributed by atoms with Crippen LogP contribution in [-0.4, -0.2) is 36.3 Å². The second kappa shape index (κ2) is 4.99. The molecule has 0 radical (unpaired) electrons. The quantitative estimate of drug-likeness (QED) is 0.474. The summed E-state index contributed by atoms with van der Waals surface area (Å²) in [6.45, 7) is 1.64. The van der Waals surface area contributed by atoms with Crippen molar-refractivity contribution in [3.05, 3.63) is 33.9 Å². The van der Waals surface area contributed by atoms with E-state index in [1.807, 2.05) is 0 Å². The van der Waals surface area contributed by atoms with Gasteiger partial charge in [-0.25, -0.2) is 8.42 Å². The van der Waals surface area contributed by atoms with Crippen LogP contribution in [0.1, 0.15) is 23.7 Å². The van der Waals surface area contributed by atoms with E-state index < -0.39 is 26.2 Å². The third-order valence-corrected chi connectivity index (χ3v) is 5.31. The van der Waals surface area contributed by atoms with Gasteiger partial charge in [0, 0.05) is 11.6 Å². The lowest BCUT2D eigenvalue weighted by Crippen LogP contribution is -2.46. The number of carbonyl (C=O) groups is 1. The molecule has 1 saturated heterocycles. The Bertz CT molecular complexity index is 716. The minimum Gasteiger partial charge on any atom is -0.393 e. The van der Waals surface area contributed by atoms with Crippen LogP contribution in [0.3, 0.4) is 0 Å². The molecule has 0 aliphatic carbocycles. The Morgan fingerprint density at radius 3 is 2.67 bits per heavy atom. The van der Waals surface area contributed by atoms with Crippen molar-refractivity contribution in [3.63, 3.8) is 0 Å². The first-order valence-corrected chi connectivity index (χ1v) is 8.01. The number of hydrogen-bond donors (Lipinski definition) is 2. The van der Waals surface area contributed by atoms with E-state index in [9.17, 15) is 23.3 Å². The predicted molar refractivity (Wildman–Crippen MR) is 76.7 cm³/mol. The van der Waals surface area contributed by atoms with E-state index in [0.717, 1.165) is 6.07 Å². The number of anilines is 1. The molecule has 3 N–H and O–H groups in total. The third-order valence-electron chi connectivity index (χ3n) is 3.41. The molecule has 1 fully saturated rings. The highest BCUT2D eigenvalue weighted by atomic mass is 32.2. The van der Waals surface area contributed by atoms with Crippen molar-refractivity contribution < 1.29 is 18.1 Å². The van der Waals surface area contributed by atoms with Crippen LogP contribution in [-0.2, 0) is 9.84 Å². The van der Waals surface area contributed by atoms with E-state index in [4.69, 9.17) is 5.73 Å². The van der Waals surface area contributed by atoms with Crippen molar-refractivity contribution in [2.45, 2.75) is 18.9 Å². The number of rotatable bonds is 3. The summed E-state index contributed by atoms with van der Waals surface area (Å²) in [5.41, 5.74) is 4.29. The molecule has 1 aliphatic rings. The van der Waals surface area contributed by atoms with E-state index in [1.54, 1.807) is 6.92 Å². The molecule has 114 valence electrons. The van der Waals surface area contributed by atoms with E-state index >= 15 is 0 Å². The van der Waals surface area contributed by atoms with Crippen LogP contribution in [0.5, 0.6) is 0 Å². The number of nitrogens with two attached hydrogens (primary N) is 1. The SMILES string of the molecule is CC1(NC(=O)c2ccc(N)c([N+](=O)[O-])c2)CCS(=O)(=O)C1. The fraction of sp³-hybridized carbons (Fsp3) is 0.417. The average Bonchev–Trinajstić information content (AvgIpc) is 2.63. The van der Waals surface area contributed by atoms with Gasteiger partial charge in [-0.1, -0.05) is 0 Å². The van der Waals surface area contributed by atoms with Gasteiger partial charge >= 0.3 is 0 Å². The summed E-state index contributed by atoms with van der Waals surface area (Å²) in [4.78, 5) is 22.3. The van der Waals surface area contributed by atoms with Gasteiger partial charge < -0.3 is 11.1 Å². The van der Waals surface area contributed by atoms with Crippen LogP contribution in [0.15, 0.2) is 18.2 Å². The van der Waals surface area contributed by atoms with Gasteiger partial charge in [0.2, 0.25) is 0 Å². The van der Waals surface area contributed by atoms with Gasteiger partial charge in [-0.15, -0.1) is 0 Å². The summed E-state index contributed by atoms with van der Waals surface area (Å²) >= 11 is 0. The normalized spacial score (nSPS) is 23.7. The van der Waals surface area contributed by atoms with E-state index in [-0.39, 0.29) is 28.4 Å². The summed E-state index contributed by atoms with van der Waals surface area (Å²) in [6, 6.07) is 3.72. The molecule has 8 nitrogen and oxygen atoms in total. The standard InChI is InChI=1S/C12H15N3O5S/c1-12(4-5-21(19,20)7-12)14-11(16)8-2-3-9(13)10(6-8)15(17)18/h2-3,6H,4-5,7,13H2,1H3,(H,14,16).